The van der Waals surface area contributed by atoms with Crippen LogP contribution < -0.4 is 5.32 Å². The van der Waals surface area contributed by atoms with Crippen LogP contribution in [0.25, 0.3) is 0 Å². The molecule has 0 unspecified atom stereocenters. The van der Waals surface area contributed by atoms with E-state index in [-0.39, 0.29) is 0 Å². The number of hydrogen-bond donors (Lipinski definition) is 1. The third-order valence-corrected chi connectivity index (χ3v) is 4.65. The van der Waals surface area contributed by atoms with E-state index < -0.39 is 0 Å². The summed E-state index contributed by atoms with van der Waals surface area (Å²) in [6.07, 6.45) is 8.68. The van der Waals surface area contributed by atoms with E-state index in [1.54, 1.807) is 0 Å². The van der Waals surface area contributed by atoms with Gasteiger partial charge in [0.15, 0.2) is 0 Å². The molecular formula is C15H30N2. The van der Waals surface area contributed by atoms with Gasteiger partial charge in [-0.2, -0.15) is 0 Å². The molecule has 2 fully saturated rings. The summed E-state index contributed by atoms with van der Waals surface area (Å²) in [5.41, 5.74) is 0. The van der Waals surface area contributed by atoms with Gasteiger partial charge >= 0.3 is 0 Å². The van der Waals surface area contributed by atoms with Crippen molar-refractivity contribution < 1.29 is 0 Å². The summed E-state index contributed by atoms with van der Waals surface area (Å²) in [5, 5.41) is 3.47. The van der Waals surface area contributed by atoms with Crippen LogP contribution in [0.5, 0.6) is 0 Å². The summed E-state index contributed by atoms with van der Waals surface area (Å²) in [5.74, 6) is 1.94. The van der Waals surface area contributed by atoms with Gasteiger partial charge in [0, 0.05) is 19.1 Å². The SMILES string of the molecule is CC(C)N(CC1CCCC1)CC1CCNCC1. The number of piperidine rings is 1. The molecule has 100 valence electrons. The Morgan fingerprint density at radius 3 is 2.00 bits per heavy atom. The van der Waals surface area contributed by atoms with E-state index in [9.17, 15) is 0 Å². The average Bonchev–Trinajstić information content (AvgIpc) is 2.82. The smallest absolute Gasteiger partial charge is 0.00388 e. The van der Waals surface area contributed by atoms with Crippen LogP contribution >= 0.6 is 0 Å². The Kier molecular flexibility index (Phi) is 5.30. The van der Waals surface area contributed by atoms with Gasteiger partial charge in [0.25, 0.3) is 0 Å². The lowest BCUT2D eigenvalue weighted by atomic mass is 9.96. The fourth-order valence-electron chi connectivity index (χ4n) is 3.42. The Morgan fingerprint density at radius 1 is 0.941 bits per heavy atom. The molecule has 2 aliphatic rings. The zero-order valence-corrected chi connectivity index (χ0v) is 11.8. The molecule has 2 heteroatoms. The minimum atomic E-state index is 0.727. The predicted molar refractivity (Wildman–Crippen MR) is 74.3 cm³/mol. The third kappa shape index (κ3) is 4.26. The quantitative estimate of drug-likeness (QED) is 0.792. The van der Waals surface area contributed by atoms with Crippen LogP contribution in [0.2, 0.25) is 0 Å². The minimum absolute atomic E-state index is 0.727. The summed E-state index contributed by atoms with van der Waals surface area (Å²) in [6, 6.07) is 0.727. The second-order valence-corrected chi connectivity index (χ2v) is 6.39. The highest BCUT2D eigenvalue weighted by atomic mass is 15.1. The van der Waals surface area contributed by atoms with Gasteiger partial charge in [-0.25, -0.2) is 0 Å². The molecule has 0 aromatic heterocycles. The van der Waals surface area contributed by atoms with E-state index in [0.717, 1.165) is 17.9 Å². The maximum absolute atomic E-state index is 3.47. The van der Waals surface area contributed by atoms with E-state index >= 15 is 0 Å². The van der Waals surface area contributed by atoms with Crippen LogP contribution in [0.1, 0.15) is 52.4 Å². The summed E-state index contributed by atoms with van der Waals surface area (Å²) >= 11 is 0. The van der Waals surface area contributed by atoms with E-state index in [1.165, 1.54) is 64.7 Å². The fraction of sp³-hybridized carbons (Fsp3) is 1.00. The third-order valence-electron chi connectivity index (χ3n) is 4.65. The van der Waals surface area contributed by atoms with Crippen molar-refractivity contribution in [3.63, 3.8) is 0 Å². The highest BCUT2D eigenvalue weighted by molar-refractivity contribution is 4.78. The number of nitrogens with one attached hydrogen (secondary N) is 1. The van der Waals surface area contributed by atoms with Gasteiger partial charge in [0.2, 0.25) is 0 Å². The van der Waals surface area contributed by atoms with Gasteiger partial charge in [0.05, 0.1) is 0 Å². The molecule has 0 aromatic carbocycles. The first-order chi connectivity index (χ1) is 8.25. The lowest BCUT2D eigenvalue weighted by Crippen LogP contribution is -2.41. The van der Waals surface area contributed by atoms with Crippen molar-refractivity contribution in [3.8, 4) is 0 Å². The van der Waals surface area contributed by atoms with Crippen molar-refractivity contribution in [2.24, 2.45) is 11.8 Å². The summed E-state index contributed by atoms with van der Waals surface area (Å²) in [7, 11) is 0. The molecule has 0 aromatic rings. The molecule has 1 aliphatic heterocycles. The largest absolute Gasteiger partial charge is 0.317 e. The summed E-state index contributed by atoms with van der Waals surface area (Å²) in [4.78, 5) is 2.76. The van der Waals surface area contributed by atoms with Crippen molar-refractivity contribution in [2.45, 2.75) is 58.4 Å². The molecule has 0 amide bonds. The Hall–Kier alpha value is -0.0800. The van der Waals surface area contributed by atoms with Crippen molar-refractivity contribution in [1.29, 1.82) is 0 Å². The molecule has 0 radical (unpaired) electrons. The Balaban J connectivity index is 1.78. The van der Waals surface area contributed by atoms with E-state index in [4.69, 9.17) is 0 Å². The van der Waals surface area contributed by atoms with Crippen LogP contribution in [-0.4, -0.2) is 37.1 Å². The first-order valence-electron chi connectivity index (χ1n) is 7.70. The van der Waals surface area contributed by atoms with Crippen molar-refractivity contribution in [2.75, 3.05) is 26.2 Å². The highest BCUT2D eigenvalue weighted by Crippen LogP contribution is 2.27. The second-order valence-electron chi connectivity index (χ2n) is 6.39. The highest BCUT2D eigenvalue weighted by Gasteiger charge is 2.23. The number of rotatable bonds is 5. The molecule has 1 aliphatic carbocycles. The molecule has 1 N–H and O–H groups in total. The number of nitrogens with zero attached hydrogens (tertiary/aromatic N) is 1. The normalized spacial score (nSPS) is 24.0. The van der Waals surface area contributed by atoms with Gasteiger partial charge in [-0.1, -0.05) is 12.8 Å². The molecular weight excluding hydrogens is 208 g/mol. The molecule has 0 atom stereocenters. The topological polar surface area (TPSA) is 15.3 Å². The maximum atomic E-state index is 3.47. The first kappa shape index (κ1) is 13.4. The van der Waals surface area contributed by atoms with E-state index in [1.807, 2.05) is 0 Å². The summed E-state index contributed by atoms with van der Waals surface area (Å²) in [6.45, 7) is 9.92. The van der Waals surface area contributed by atoms with Crippen molar-refractivity contribution in [3.05, 3.63) is 0 Å². The average molecular weight is 238 g/mol. The fourth-order valence-corrected chi connectivity index (χ4v) is 3.42. The van der Waals surface area contributed by atoms with Crippen LogP contribution in [0.15, 0.2) is 0 Å². The first-order valence-corrected chi connectivity index (χ1v) is 7.70. The van der Waals surface area contributed by atoms with Crippen LogP contribution in [0.3, 0.4) is 0 Å². The lowest BCUT2D eigenvalue weighted by molar-refractivity contribution is 0.146. The van der Waals surface area contributed by atoms with Crippen molar-refractivity contribution in [1.82, 2.24) is 10.2 Å². The molecule has 2 nitrogen and oxygen atoms in total. The van der Waals surface area contributed by atoms with Gasteiger partial charge in [0.1, 0.15) is 0 Å². The summed E-state index contributed by atoms with van der Waals surface area (Å²) < 4.78 is 0. The van der Waals surface area contributed by atoms with E-state index in [0.29, 0.717) is 0 Å². The molecule has 1 saturated heterocycles. The zero-order chi connectivity index (χ0) is 12.1. The van der Waals surface area contributed by atoms with Crippen molar-refractivity contribution >= 4 is 0 Å². The molecule has 17 heavy (non-hydrogen) atoms. The van der Waals surface area contributed by atoms with Gasteiger partial charge in [-0.3, -0.25) is 0 Å². The van der Waals surface area contributed by atoms with E-state index in [2.05, 4.69) is 24.1 Å². The molecule has 1 saturated carbocycles. The van der Waals surface area contributed by atoms with Crippen LogP contribution in [0, 0.1) is 11.8 Å². The Morgan fingerprint density at radius 2 is 1.47 bits per heavy atom. The van der Waals surface area contributed by atoms with Gasteiger partial charge in [-0.05, 0) is 64.5 Å². The van der Waals surface area contributed by atoms with Gasteiger partial charge < -0.3 is 10.2 Å². The Bertz CT molecular complexity index is 203. The van der Waals surface area contributed by atoms with Crippen LogP contribution in [-0.2, 0) is 0 Å². The maximum Gasteiger partial charge on any atom is 0.00388 e. The lowest BCUT2D eigenvalue weighted by Gasteiger charge is -2.34. The molecule has 1 heterocycles. The zero-order valence-electron chi connectivity index (χ0n) is 11.8. The monoisotopic (exact) mass is 238 g/mol. The van der Waals surface area contributed by atoms with Gasteiger partial charge in [-0.15, -0.1) is 0 Å². The number of hydrogen-bond acceptors (Lipinski definition) is 2. The second kappa shape index (κ2) is 6.75. The predicted octanol–water partition coefficient (Wildman–Crippen LogP) is 2.89. The minimum Gasteiger partial charge on any atom is -0.317 e. The molecule has 0 spiro atoms. The Labute approximate surface area is 107 Å². The molecule has 0 bridgehead atoms. The molecule has 2 rings (SSSR count). The van der Waals surface area contributed by atoms with Crippen LogP contribution in [0.4, 0.5) is 0 Å². The standard InChI is InChI=1S/C15H30N2/c1-13(2)17(11-14-5-3-4-6-14)12-15-7-9-16-10-8-15/h13-16H,3-12H2,1-2H3.